The van der Waals surface area contributed by atoms with Crippen LogP contribution in [0.2, 0.25) is 0 Å². The Hall–Kier alpha value is -0.514. The smallest absolute Gasteiger partial charge is 1.00 e. The second-order valence-corrected chi connectivity index (χ2v) is 3.50. The van der Waals surface area contributed by atoms with Crippen molar-refractivity contribution in [2.75, 3.05) is 0 Å². The summed E-state index contributed by atoms with van der Waals surface area (Å²) in [6.07, 6.45) is 0. The van der Waals surface area contributed by atoms with E-state index in [1.807, 2.05) is 24.3 Å². The maximum atomic E-state index is 5.58. The van der Waals surface area contributed by atoms with Crippen LogP contribution in [0.4, 0.5) is 0 Å². The van der Waals surface area contributed by atoms with Crippen molar-refractivity contribution in [1.29, 1.82) is 0 Å². The standard InChI is InChI=1S/C14H13O.BrH.Mg/c1-12-7-9-13(10-8-12)11-15-14-5-3-2-4-6-14;;/h2-5,7-10H,11H2,1H3;1H;/q-1;;+2/p-1. The molecular formula is C14H13BrMgO. The number of ether oxygens (including phenoxy) is 1. The predicted octanol–water partition coefficient (Wildman–Crippen LogP) is -0.00259. The van der Waals surface area contributed by atoms with Crippen molar-refractivity contribution in [3.63, 3.8) is 0 Å². The molecule has 17 heavy (non-hydrogen) atoms. The first-order valence-electron chi connectivity index (χ1n) is 5.00. The van der Waals surface area contributed by atoms with Gasteiger partial charge in [-0.1, -0.05) is 29.8 Å². The van der Waals surface area contributed by atoms with Crippen molar-refractivity contribution in [1.82, 2.24) is 0 Å². The number of hydrogen-bond acceptors (Lipinski definition) is 1. The second kappa shape index (κ2) is 8.56. The molecule has 0 heterocycles. The first-order valence-corrected chi connectivity index (χ1v) is 5.00. The number of rotatable bonds is 3. The van der Waals surface area contributed by atoms with Crippen molar-refractivity contribution < 1.29 is 21.7 Å². The van der Waals surface area contributed by atoms with Gasteiger partial charge in [0.25, 0.3) is 0 Å². The van der Waals surface area contributed by atoms with Crippen LogP contribution in [0.25, 0.3) is 0 Å². The van der Waals surface area contributed by atoms with E-state index in [-0.39, 0.29) is 40.0 Å². The molecule has 0 aliphatic carbocycles. The summed E-state index contributed by atoms with van der Waals surface area (Å²) < 4.78 is 5.58. The molecule has 0 radical (unpaired) electrons. The molecule has 0 N–H and O–H groups in total. The van der Waals surface area contributed by atoms with E-state index in [0.717, 1.165) is 5.75 Å². The molecule has 0 fully saturated rings. The van der Waals surface area contributed by atoms with Crippen molar-refractivity contribution >= 4 is 23.1 Å². The van der Waals surface area contributed by atoms with Crippen LogP contribution in [-0.4, -0.2) is 23.1 Å². The van der Waals surface area contributed by atoms with Crippen LogP contribution in [0.3, 0.4) is 0 Å². The average molecular weight is 301 g/mol. The van der Waals surface area contributed by atoms with Gasteiger partial charge in [0, 0.05) is 5.75 Å². The first kappa shape index (κ1) is 16.5. The van der Waals surface area contributed by atoms with E-state index in [1.165, 1.54) is 11.1 Å². The molecule has 0 aromatic heterocycles. The molecule has 2 rings (SSSR count). The number of aryl methyl sites for hydroxylation is 1. The zero-order valence-electron chi connectivity index (χ0n) is 9.82. The van der Waals surface area contributed by atoms with Gasteiger partial charge in [0.2, 0.25) is 0 Å². The Morgan fingerprint density at radius 3 is 2.35 bits per heavy atom. The van der Waals surface area contributed by atoms with Crippen LogP contribution in [0.15, 0.2) is 48.5 Å². The summed E-state index contributed by atoms with van der Waals surface area (Å²) >= 11 is 0. The van der Waals surface area contributed by atoms with E-state index >= 15 is 0 Å². The van der Waals surface area contributed by atoms with Crippen molar-refractivity contribution in [2.45, 2.75) is 13.5 Å². The maximum absolute atomic E-state index is 5.58. The molecule has 0 saturated carbocycles. The molecule has 2 aromatic rings. The van der Waals surface area contributed by atoms with Gasteiger partial charge >= 0.3 is 23.1 Å². The average Bonchev–Trinajstić information content (AvgIpc) is 2.30. The Bertz CT molecular complexity index is 414. The normalized spacial score (nSPS) is 8.76. The molecule has 3 heteroatoms. The number of para-hydroxylation sites is 1. The minimum absolute atomic E-state index is 0. The number of hydrogen-bond donors (Lipinski definition) is 0. The summed E-state index contributed by atoms with van der Waals surface area (Å²) in [5.41, 5.74) is 2.45. The topological polar surface area (TPSA) is 9.23 Å². The fourth-order valence-corrected chi connectivity index (χ4v) is 1.31. The van der Waals surface area contributed by atoms with Gasteiger partial charge in [-0.05, 0) is 12.5 Å². The molecule has 2 aromatic carbocycles. The number of benzene rings is 2. The van der Waals surface area contributed by atoms with Crippen LogP contribution in [0, 0.1) is 13.0 Å². The molecule has 0 saturated heterocycles. The van der Waals surface area contributed by atoms with Crippen LogP contribution in [-0.2, 0) is 6.61 Å². The molecule has 0 aliphatic heterocycles. The summed E-state index contributed by atoms with van der Waals surface area (Å²) in [5, 5.41) is 0. The molecule has 84 valence electrons. The molecule has 0 amide bonds. The third-order valence-corrected chi connectivity index (χ3v) is 2.20. The largest absolute Gasteiger partial charge is 2.00 e. The summed E-state index contributed by atoms with van der Waals surface area (Å²) in [6, 6.07) is 19.0. The van der Waals surface area contributed by atoms with Crippen LogP contribution in [0.5, 0.6) is 5.75 Å². The van der Waals surface area contributed by atoms with Gasteiger partial charge in [0.15, 0.2) is 0 Å². The monoisotopic (exact) mass is 300 g/mol. The third kappa shape index (κ3) is 5.57. The molecular weight excluding hydrogens is 288 g/mol. The third-order valence-electron chi connectivity index (χ3n) is 2.20. The summed E-state index contributed by atoms with van der Waals surface area (Å²) in [7, 11) is 0. The summed E-state index contributed by atoms with van der Waals surface area (Å²) in [4.78, 5) is 0. The summed E-state index contributed by atoms with van der Waals surface area (Å²) in [6.45, 7) is 2.68. The minimum Gasteiger partial charge on any atom is -1.00 e. The Labute approximate surface area is 129 Å². The van der Waals surface area contributed by atoms with E-state index in [2.05, 4.69) is 37.3 Å². The van der Waals surface area contributed by atoms with Gasteiger partial charge in [0.05, 0.1) is 0 Å². The first-order chi connectivity index (χ1) is 7.34. The Morgan fingerprint density at radius 2 is 1.76 bits per heavy atom. The number of halogens is 1. The van der Waals surface area contributed by atoms with Gasteiger partial charge in [-0.3, -0.25) is 0 Å². The molecule has 1 nitrogen and oxygen atoms in total. The minimum atomic E-state index is 0. The van der Waals surface area contributed by atoms with Crippen LogP contribution in [0.1, 0.15) is 11.1 Å². The zero-order chi connectivity index (χ0) is 10.5. The Balaban J connectivity index is 0.00000128. The van der Waals surface area contributed by atoms with Crippen molar-refractivity contribution in [3.05, 3.63) is 65.7 Å². The van der Waals surface area contributed by atoms with Crippen molar-refractivity contribution in [2.24, 2.45) is 0 Å². The Kier molecular flexibility index (Phi) is 8.30. The zero-order valence-corrected chi connectivity index (χ0v) is 12.8. The van der Waals surface area contributed by atoms with Gasteiger partial charge < -0.3 is 21.7 Å². The van der Waals surface area contributed by atoms with Gasteiger partial charge in [-0.2, -0.15) is 18.2 Å². The quantitative estimate of drug-likeness (QED) is 0.573. The SMILES string of the molecule is Cc1ccc(COc2[c-]cccc2)cc1.[Br-].[Mg+2]. The Morgan fingerprint density at radius 1 is 1.06 bits per heavy atom. The van der Waals surface area contributed by atoms with E-state index in [9.17, 15) is 0 Å². The summed E-state index contributed by atoms with van der Waals surface area (Å²) in [5.74, 6) is 0.790. The van der Waals surface area contributed by atoms with E-state index in [1.54, 1.807) is 0 Å². The fourth-order valence-electron chi connectivity index (χ4n) is 1.31. The van der Waals surface area contributed by atoms with Crippen molar-refractivity contribution in [3.8, 4) is 5.75 Å². The second-order valence-electron chi connectivity index (χ2n) is 3.50. The molecule has 0 spiro atoms. The molecule has 0 atom stereocenters. The van der Waals surface area contributed by atoms with Gasteiger partial charge in [-0.25, -0.2) is 0 Å². The molecule has 0 unspecified atom stereocenters. The van der Waals surface area contributed by atoms with E-state index in [4.69, 9.17) is 4.74 Å². The van der Waals surface area contributed by atoms with E-state index in [0.29, 0.717) is 6.61 Å². The fraction of sp³-hybridized carbons (Fsp3) is 0.143. The molecule has 0 bridgehead atoms. The molecule has 0 aliphatic rings. The van der Waals surface area contributed by atoms with Crippen LogP contribution < -0.4 is 21.7 Å². The van der Waals surface area contributed by atoms with Crippen LogP contribution >= 0.6 is 0 Å². The maximum Gasteiger partial charge on any atom is 2.00 e. The van der Waals surface area contributed by atoms with Gasteiger partial charge in [0.1, 0.15) is 6.61 Å². The van der Waals surface area contributed by atoms with Gasteiger partial charge in [-0.15, -0.1) is 12.1 Å². The van der Waals surface area contributed by atoms with E-state index < -0.39 is 0 Å². The predicted molar refractivity (Wildman–Crippen MR) is 66.5 cm³/mol.